The highest BCUT2D eigenvalue weighted by molar-refractivity contribution is 6.76. The molecule has 3 rings (SSSR count). The molecule has 0 bridgehead atoms. The van der Waals surface area contributed by atoms with E-state index in [9.17, 15) is 9.59 Å². The van der Waals surface area contributed by atoms with Gasteiger partial charge in [-0.05, 0) is 52.1 Å². The SMILES string of the molecule is Cn1cc(Nc2cc([C@H]3CC[C@@H](OC(=O)NC(C)(C)C)C3)n(COCC[Si](C)(C)C)n2)ccc1=O. The zero-order valence-electron chi connectivity index (χ0n) is 22.2. The maximum absolute atomic E-state index is 12.2. The second-order valence-electron chi connectivity index (χ2n) is 11.7. The lowest BCUT2D eigenvalue weighted by Gasteiger charge is -2.22. The molecular formula is C25H41N5O4Si. The van der Waals surface area contributed by atoms with Crippen LogP contribution in [-0.4, -0.2) is 46.8 Å². The van der Waals surface area contributed by atoms with Gasteiger partial charge in [-0.2, -0.15) is 5.10 Å². The molecule has 0 aromatic carbocycles. The minimum absolute atomic E-state index is 0.0648. The monoisotopic (exact) mass is 503 g/mol. The highest BCUT2D eigenvalue weighted by Gasteiger charge is 2.32. The van der Waals surface area contributed by atoms with Gasteiger partial charge >= 0.3 is 6.09 Å². The van der Waals surface area contributed by atoms with E-state index in [0.29, 0.717) is 19.2 Å². The minimum Gasteiger partial charge on any atom is -0.446 e. The second kappa shape index (κ2) is 11.0. The van der Waals surface area contributed by atoms with E-state index < -0.39 is 8.07 Å². The van der Waals surface area contributed by atoms with Crippen LogP contribution in [0.15, 0.2) is 29.2 Å². The number of hydrogen-bond donors (Lipinski definition) is 2. The second-order valence-corrected chi connectivity index (χ2v) is 17.3. The lowest BCUT2D eigenvalue weighted by molar-refractivity contribution is 0.0749. The lowest BCUT2D eigenvalue weighted by atomic mass is 10.0. The molecule has 9 nitrogen and oxygen atoms in total. The molecule has 2 N–H and O–H groups in total. The average molecular weight is 504 g/mol. The largest absolute Gasteiger partial charge is 0.446 e. The van der Waals surface area contributed by atoms with Crippen molar-refractivity contribution in [2.75, 3.05) is 11.9 Å². The topological polar surface area (TPSA) is 99.4 Å². The van der Waals surface area contributed by atoms with Crippen LogP contribution in [0.1, 0.15) is 51.6 Å². The first-order valence-electron chi connectivity index (χ1n) is 12.4. The lowest BCUT2D eigenvalue weighted by Crippen LogP contribution is -2.42. The third-order valence-corrected chi connectivity index (χ3v) is 7.64. The van der Waals surface area contributed by atoms with Crippen molar-refractivity contribution in [2.24, 2.45) is 7.05 Å². The molecule has 1 fully saturated rings. The van der Waals surface area contributed by atoms with E-state index in [1.165, 1.54) is 10.6 Å². The molecule has 0 saturated heterocycles. The van der Waals surface area contributed by atoms with E-state index >= 15 is 0 Å². The molecule has 2 heterocycles. The first kappa shape index (κ1) is 27.0. The standard InChI is InChI=1S/C25H41N5O4Si/c1-25(2,3)27-24(32)34-20-10-8-18(14-20)21-15-22(26-19-9-11-23(31)29(4)16-19)28-30(21)17-33-12-13-35(5,6)7/h9,11,15-16,18,20H,8,10,12-14,17H2,1-7H3,(H,26,28)(H,27,32)/t18-,20+/m0/s1. The molecule has 1 saturated carbocycles. The Morgan fingerprint density at radius 2 is 1.97 bits per heavy atom. The normalized spacial score (nSPS) is 18.5. The number of aromatic nitrogens is 3. The van der Waals surface area contributed by atoms with Gasteiger partial charge in [0.2, 0.25) is 5.56 Å². The van der Waals surface area contributed by atoms with Gasteiger partial charge in [0.15, 0.2) is 5.82 Å². The number of ether oxygens (including phenoxy) is 2. The smallest absolute Gasteiger partial charge is 0.407 e. The maximum atomic E-state index is 12.2. The van der Waals surface area contributed by atoms with Crippen LogP contribution >= 0.6 is 0 Å². The molecule has 1 aliphatic rings. The first-order chi connectivity index (χ1) is 16.3. The Kier molecular flexibility index (Phi) is 8.48. The van der Waals surface area contributed by atoms with Crippen molar-refractivity contribution in [1.82, 2.24) is 19.7 Å². The highest BCUT2D eigenvalue weighted by Crippen LogP contribution is 2.37. The number of anilines is 2. The molecule has 0 unspecified atom stereocenters. The number of aryl methyl sites for hydroxylation is 1. The Morgan fingerprint density at radius 1 is 1.23 bits per heavy atom. The van der Waals surface area contributed by atoms with Crippen LogP contribution in [0.3, 0.4) is 0 Å². The fraction of sp³-hybridized carbons (Fsp3) is 0.640. The molecule has 1 aliphatic carbocycles. The van der Waals surface area contributed by atoms with E-state index in [1.807, 2.05) is 31.5 Å². The molecule has 0 spiro atoms. The number of pyridine rings is 1. The average Bonchev–Trinajstić information content (AvgIpc) is 3.32. The van der Waals surface area contributed by atoms with Crippen molar-refractivity contribution in [3.8, 4) is 0 Å². The summed E-state index contributed by atoms with van der Waals surface area (Å²) in [5, 5.41) is 10.9. The first-order valence-corrected chi connectivity index (χ1v) is 16.1. The zero-order valence-corrected chi connectivity index (χ0v) is 23.2. The molecule has 0 aliphatic heterocycles. The number of nitrogens with one attached hydrogen (secondary N) is 2. The van der Waals surface area contributed by atoms with E-state index in [4.69, 9.17) is 14.6 Å². The van der Waals surface area contributed by atoms with E-state index in [2.05, 4.69) is 30.3 Å². The number of nitrogens with zero attached hydrogens (tertiary/aromatic N) is 3. The van der Waals surface area contributed by atoms with Crippen molar-refractivity contribution in [3.63, 3.8) is 0 Å². The molecule has 2 aromatic rings. The summed E-state index contributed by atoms with van der Waals surface area (Å²) in [6.45, 7) is 13.9. The van der Waals surface area contributed by atoms with Crippen LogP contribution in [0.25, 0.3) is 0 Å². The third-order valence-electron chi connectivity index (χ3n) is 5.93. The van der Waals surface area contributed by atoms with Gasteiger partial charge in [-0.15, -0.1) is 0 Å². The number of alkyl carbamates (subject to hydrolysis) is 1. The summed E-state index contributed by atoms with van der Waals surface area (Å²) in [5.74, 6) is 0.911. The predicted octanol–water partition coefficient (Wildman–Crippen LogP) is 4.80. The van der Waals surface area contributed by atoms with Crippen LogP contribution < -0.4 is 16.2 Å². The molecule has 1 amide bonds. The quantitative estimate of drug-likeness (QED) is 0.377. The van der Waals surface area contributed by atoms with Crippen LogP contribution in [0.4, 0.5) is 16.3 Å². The number of carbonyl (C=O) groups is 1. The van der Waals surface area contributed by atoms with Crippen LogP contribution in [0.2, 0.25) is 25.7 Å². The van der Waals surface area contributed by atoms with Crippen molar-refractivity contribution in [2.45, 2.75) is 90.0 Å². The molecule has 2 aromatic heterocycles. The highest BCUT2D eigenvalue weighted by atomic mass is 28.3. The van der Waals surface area contributed by atoms with Gasteiger partial charge in [0, 0.05) is 57.2 Å². The van der Waals surface area contributed by atoms with Gasteiger partial charge in [0.25, 0.3) is 0 Å². The number of hydrogen-bond acceptors (Lipinski definition) is 6. The minimum atomic E-state index is -1.18. The number of amides is 1. The predicted molar refractivity (Wildman–Crippen MR) is 141 cm³/mol. The van der Waals surface area contributed by atoms with Crippen LogP contribution in [0, 0.1) is 0 Å². The molecule has 10 heteroatoms. The molecule has 35 heavy (non-hydrogen) atoms. The van der Waals surface area contributed by atoms with Gasteiger partial charge in [0.1, 0.15) is 12.8 Å². The van der Waals surface area contributed by atoms with Crippen molar-refractivity contribution in [1.29, 1.82) is 0 Å². The van der Waals surface area contributed by atoms with Crippen molar-refractivity contribution < 1.29 is 14.3 Å². The molecule has 2 atom stereocenters. The summed E-state index contributed by atoms with van der Waals surface area (Å²) in [4.78, 5) is 24.0. The molecular weight excluding hydrogens is 462 g/mol. The number of rotatable bonds is 9. The van der Waals surface area contributed by atoms with Crippen LogP contribution in [0.5, 0.6) is 0 Å². The molecule has 194 valence electrons. The van der Waals surface area contributed by atoms with Gasteiger partial charge < -0.3 is 24.7 Å². The Balaban J connectivity index is 1.71. The van der Waals surface area contributed by atoms with Gasteiger partial charge in [0.05, 0.1) is 5.69 Å². The fourth-order valence-corrected chi connectivity index (χ4v) is 4.83. The summed E-state index contributed by atoms with van der Waals surface area (Å²) in [7, 11) is 0.539. The summed E-state index contributed by atoms with van der Waals surface area (Å²) >= 11 is 0. The summed E-state index contributed by atoms with van der Waals surface area (Å²) < 4.78 is 15.1. The van der Waals surface area contributed by atoms with Crippen molar-refractivity contribution >= 4 is 25.7 Å². The summed E-state index contributed by atoms with van der Waals surface area (Å²) in [6, 6.07) is 6.41. The summed E-state index contributed by atoms with van der Waals surface area (Å²) in [6.07, 6.45) is 3.72. The number of carbonyl (C=O) groups excluding carboxylic acids is 1. The van der Waals surface area contributed by atoms with Gasteiger partial charge in [-0.3, -0.25) is 4.79 Å². The van der Waals surface area contributed by atoms with E-state index in [-0.39, 0.29) is 29.2 Å². The zero-order chi connectivity index (χ0) is 25.8. The molecule has 0 radical (unpaired) electrons. The van der Waals surface area contributed by atoms with Crippen LogP contribution in [-0.2, 0) is 23.3 Å². The van der Waals surface area contributed by atoms with E-state index in [1.54, 1.807) is 19.3 Å². The third kappa shape index (κ3) is 8.54. The van der Waals surface area contributed by atoms with Gasteiger partial charge in [-0.1, -0.05) is 19.6 Å². The Morgan fingerprint density at radius 3 is 2.63 bits per heavy atom. The van der Waals surface area contributed by atoms with E-state index in [0.717, 1.165) is 36.7 Å². The fourth-order valence-electron chi connectivity index (χ4n) is 4.07. The Bertz CT molecular complexity index is 1070. The summed E-state index contributed by atoms with van der Waals surface area (Å²) in [5.41, 5.74) is 1.45. The van der Waals surface area contributed by atoms with Crippen molar-refractivity contribution in [3.05, 3.63) is 40.4 Å². The van der Waals surface area contributed by atoms with Gasteiger partial charge in [-0.25, -0.2) is 9.48 Å². The maximum Gasteiger partial charge on any atom is 0.407 e. The Hall–Kier alpha value is -2.59. The Labute approximate surface area is 209 Å².